The first kappa shape index (κ1) is 11.2. The van der Waals surface area contributed by atoms with Crippen molar-refractivity contribution in [2.24, 2.45) is 0 Å². The van der Waals surface area contributed by atoms with E-state index in [9.17, 15) is 4.79 Å². The lowest BCUT2D eigenvalue weighted by Gasteiger charge is -2.13. The number of aromatic nitrogens is 4. The number of benzene rings is 1. The van der Waals surface area contributed by atoms with Crippen LogP contribution in [0, 0.1) is 0 Å². The molecule has 20 heavy (non-hydrogen) atoms. The van der Waals surface area contributed by atoms with Crippen molar-refractivity contribution in [3.63, 3.8) is 0 Å². The van der Waals surface area contributed by atoms with E-state index in [0.717, 1.165) is 23.5 Å². The molecule has 2 aromatic heterocycles. The molecule has 100 valence electrons. The van der Waals surface area contributed by atoms with Crippen LogP contribution in [0.3, 0.4) is 0 Å². The summed E-state index contributed by atoms with van der Waals surface area (Å²) in [6.07, 6.45) is 3.46. The summed E-state index contributed by atoms with van der Waals surface area (Å²) in [5, 5.41) is 4.07. The number of anilines is 1. The number of rotatable bonds is 2. The summed E-state index contributed by atoms with van der Waals surface area (Å²) in [6.45, 7) is 1.71. The Hall–Kier alpha value is -2.63. The molecular formula is C14H13N5O. The maximum Gasteiger partial charge on any atom is 0.251 e. The van der Waals surface area contributed by atoms with E-state index in [1.165, 1.54) is 0 Å². The third-order valence-electron chi connectivity index (χ3n) is 3.58. The van der Waals surface area contributed by atoms with Crippen LogP contribution >= 0.6 is 0 Å². The predicted molar refractivity (Wildman–Crippen MR) is 74.3 cm³/mol. The lowest BCUT2D eigenvalue weighted by molar-refractivity contribution is -0.119. The predicted octanol–water partition coefficient (Wildman–Crippen LogP) is 1.28. The molecule has 0 spiro atoms. The highest BCUT2D eigenvalue weighted by Gasteiger charge is 2.28. The van der Waals surface area contributed by atoms with Crippen molar-refractivity contribution in [2.75, 3.05) is 11.4 Å². The van der Waals surface area contributed by atoms with E-state index < -0.39 is 0 Å². The van der Waals surface area contributed by atoms with Gasteiger partial charge in [0, 0.05) is 25.5 Å². The van der Waals surface area contributed by atoms with Gasteiger partial charge in [0.05, 0.1) is 11.0 Å². The number of hydrogen-bond donors (Lipinski definition) is 0. The average molecular weight is 267 g/mol. The van der Waals surface area contributed by atoms with Gasteiger partial charge in [0.15, 0.2) is 0 Å². The number of imidazole rings is 1. The van der Waals surface area contributed by atoms with Gasteiger partial charge in [-0.3, -0.25) is 14.4 Å². The molecule has 6 nitrogen and oxygen atoms in total. The van der Waals surface area contributed by atoms with Crippen LogP contribution in [0.5, 0.6) is 0 Å². The van der Waals surface area contributed by atoms with Crippen molar-refractivity contribution in [1.82, 2.24) is 19.3 Å². The molecule has 3 heterocycles. The number of carbonyl (C=O) groups is 1. The first-order chi connectivity index (χ1) is 9.83. The molecule has 1 aliphatic heterocycles. The number of nitrogens with zero attached hydrogens (tertiary/aromatic N) is 5. The second-order valence-electron chi connectivity index (χ2n) is 4.80. The van der Waals surface area contributed by atoms with Crippen LogP contribution in [0.15, 0.2) is 42.7 Å². The Labute approximate surface area is 115 Å². The topological polar surface area (TPSA) is 56.0 Å². The fraction of sp³-hybridized carbons (Fsp3) is 0.214. The van der Waals surface area contributed by atoms with Crippen molar-refractivity contribution in [3.05, 3.63) is 42.7 Å². The summed E-state index contributed by atoms with van der Waals surface area (Å²) < 4.78 is 3.73. The van der Waals surface area contributed by atoms with Gasteiger partial charge >= 0.3 is 0 Å². The Kier molecular flexibility index (Phi) is 2.35. The van der Waals surface area contributed by atoms with E-state index in [4.69, 9.17) is 0 Å². The normalized spacial score (nSPS) is 13.9. The molecule has 0 atom stereocenters. The molecule has 4 rings (SSSR count). The number of amides is 1. The minimum Gasteiger partial charge on any atom is -0.308 e. The highest BCUT2D eigenvalue weighted by Crippen LogP contribution is 2.27. The van der Waals surface area contributed by atoms with E-state index in [1.807, 2.05) is 30.3 Å². The molecule has 0 saturated carbocycles. The van der Waals surface area contributed by atoms with Crippen LogP contribution in [0.25, 0.3) is 11.0 Å². The lowest BCUT2D eigenvalue weighted by atomic mass is 10.3. The number of carbonyl (C=O) groups excluding carboxylic acids is 1. The fourth-order valence-corrected chi connectivity index (χ4v) is 2.64. The Morgan fingerprint density at radius 2 is 2.10 bits per heavy atom. The molecule has 0 aliphatic carbocycles. The lowest BCUT2D eigenvalue weighted by Crippen LogP contribution is -2.32. The SMILES string of the molecule is O=C(Cn1cccn1)N1CCn2c1nc1ccccc12. The van der Waals surface area contributed by atoms with Crippen LogP contribution in [0.2, 0.25) is 0 Å². The molecule has 3 aromatic rings. The van der Waals surface area contributed by atoms with Crippen molar-refractivity contribution in [1.29, 1.82) is 0 Å². The summed E-state index contributed by atoms with van der Waals surface area (Å²) in [7, 11) is 0. The zero-order valence-corrected chi connectivity index (χ0v) is 10.8. The Morgan fingerprint density at radius 3 is 2.95 bits per heavy atom. The Bertz CT molecular complexity index is 774. The van der Waals surface area contributed by atoms with E-state index in [1.54, 1.807) is 22.0 Å². The zero-order valence-electron chi connectivity index (χ0n) is 10.8. The van der Waals surface area contributed by atoms with Crippen LogP contribution in [-0.4, -0.2) is 31.8 Å². The molecule has 0 unspecified atom stereocenters. The second-order valence-corrected chi connectivity index (χ2v) is 4.80. The van der Waals surface area contributed by atoms with E-state index in [2.05, 4.69) is 14.6 Å². The van der Waals surface area contributed by atoms with Crippen molar-refractivity contribution in [2.45, 2.75) is 13.1 Å². The molecule has 0 N–H and O–H groups in total. The fourth-order valence-electron chi connectivity index (χ4n) is 2.64. The first-order valence-electron chi connectivity index (χ1n) is 6.56. The van der Waals surface area contributed by atoms with E-state index in [-0.39, 0.29) is 12.5 Å². The minimum atomic E-state index is 0.0164. The molecule has 0 radical (unpaired) electrons. The van der Waals surface area contributed by atoms with Crippen LogP contribution in [-0.2, 0) is 17.9 Å². The number of para-hydroxylation sites is 2. The Morgan fingerprint density at radius 1 is 1.20 bits per heavy atom. The van der Waals surface area contributed by atoms with Gasteiger partial charge in [0.25, 0.3) is 5.91 Å². The largest absolute Gasteiger partial charge is 0.308 e. The quantitative estimate of drug-likeness (QED) is 0.703. The molecule has 6 heteroatoms. The first-order valence-corrected chi connectivity index (χ1v) is 6.56. The van der Waals surface area contributed by atoms with Gasteiger partial charge in [-0.25, -0.2) is 4.98 Å². The maximum atomic E-state index is 12.4. The molecule has 0 saturated heterocycles. The highest BCUT2D eigenvalue weighted by atomic mass is 16.2. The van der Waals surface area contributed by atoms with E-state index >= 15 is 0 Å². The van der Waals surface area contributed by atoms with Crippen LogP contribution in [0.1, 0.15) is 0 Å². The molecule has 1 amide bonds. The van der Waals surface area contributed by atoms with Crippen molar-refractivity contribution < 1.29 is 4.79 Å². The van der Waals surface area contributed by atoms with Crippen molar-refractivity contribution in [3.8, 4) is 0 Å². The van der Waals surface area contributed by atoms with Gasteiger partial charge < -0.3 is 4.57 Å². The third kappa shape index (κ3) is 1.61. The van der Waals surface area contributed by atoms with Crippen LogP contribution in [0.4, 0.5) is 5.95 Å². The average Bonchev–Trinajstić information content (AvgIpc) is 3.13. The van der Waals surface area contributed by atoms with Crippen molar-refractivity contribution >= 4 is 22.9 Å². The summed E-state index contributed by atoms with van der Waals surface area (Å²) >= 11 is 0. The van der Waals surface area contributed by atoms with Gasteiger partial charge in [0.1, 0.15) is 6.54 Å². The highest BCUT2D eigenvalue weighted by molar-refractivity contribution is 5.94. The van der Waals surface area contributed by atoms with E-state index in [0.29, 0.717) is 6.54 Å². The third-order valence-corrected chi connectivity index (χ3v) is 3.58. The van der Waals surface area contributed by atoms with Gasteiger partial charge in [0.2, 0.25) is 5.95 Å². The van der Waals surface area contributed by atoms with Gasteiger partial charge in [-0.1, -0.05) is 12.1 Å². The maximum absolute atomic E-state index is 12.4. The van der Waals surface area contributed by atoms with Gasteiger partial charge in [-0.15, -0.1) is 0 Å². The van der Waals surface area contributed by atoms with Gasteiger partial charge in [-0.05, 0) is 18.2 Å². The molecule has 0 bridgehead atoms. The standard InChI is InChI=1S/C14H13N5O/c20-13(10-17-7-3-6-15-17)19-9-8-18-12-5-2-1-4-11(12)16-14(18)19/h1-7H,8-10H2. The van der Waals surface area contributed by atoms with Crippen LogP contribution < -0.4 is 4.90 Å². The molecule has 0 fully saturated rings. The summed E-state index contributed by atoms with van der Waals surface area (Å²) in [6, 6.07) is 9.77. The summed E-state index contributed by atoms with van der Waals surface area (Å²) in [4.78, 5) is 18.7. The minimum absolute atomic E-state index is 0.0164. The second kappa shape index (κ2) is 4.19. The van der Waals surface area contributed by atoms with Gasteiger partial charge in [-0.2, -0.15) is 5.10 Å². The monoisotopic (exact) mass is 267 g/mol. The smallest absolute Gasteiger partial charge is 0.251 e. The summed E-state index contributed by atoms with van der Waals surface area (Å²) in [5.41, 5.74) is 2.01. The molecule has 1 aromatic carbocycles. The number of fused-ring (bicyclic) bond motifs is 3. The summed E-state index contributed by atoms with van der Waals surface area (Å²) in [5.74, 6) is 0.756. The zero-order chi connectivity index (χ0) is 13.5. The number of hydrogen-bond acceptors (Lipinski definition) is 3. The molecule has 1 aliphatic rings. The Balaban J connectivity index is 1.68. The molecular weight excluding hydrogens is 254 g/mol.